The Morgan fingerprint density at radius 1 is 1.00 bits per heavy atom. The number of carbonyl (C=O) groups is 3. The van der Waals surface area contributed by atoms with Gasteiger partial charge >= 0.3 is 6.09 Å². The molecule has 0 radical (unpaired) electrons. The summed E-state index contributed by atoms with van der Waals surface area (Å²) in [6.07, 6.45) is 8.66. The summed E-state index contributed by atoms with van der Waals surface area (Å²) < 4.78 is 5.49. The molecule has 0 spiro atoms. The molecule has 0 saturated carbocycles. The number of thioether (sulfide) groups is 1. The molecule has 0 aromatic heterocycles. The topological polar surface area (TPSA) is 87.7 Å². The van der Waals surface area contributed by atoms with Gasteiger partial charge in [-0.05, 0) is 82.6 Å². The molecule has 0 aliphatic rings. The maximum absolute atomic E-state index is 14.3. The molecule has 0 fully saturated rings. The zero-order valence-electron chi connectivity index (χ0n) is 25.7. The average Bonchev–Trinajstić information content (AvgIpc) is 2.86. The van der Waals surface area contributed by atoms with Crippen LogP contribution >= 0.6 is 11.8 Å². The number of benzene rings is 1. The highest BCUT2D eigenvalue weighted by Gasteiger charge is 2.36. The number of amides is 3. The number of alkyl carbamates (subject to hydrolysis) is 1. The molecule has 0 saturated heterocycles. The van der Waals surface area contributed by atoms with Crippen LogP contribution in [0.2, 0.25) is 0 Å². The Balaban J connectivity index is 3.49. The minimum absolute atomic E-state index is 0.176. The molecule has 1 aromatic carbocycles. The number of aryl methyl sites for hydroxylation is 1. The Bertz CT molecular complexity index is 900. The Morgan fingerprint density at radius 2 is 1.67 bits per heavy atom. The Kier molecular flexibility index (Phi) is 16.2. The summed E-state index contributed by atoms with van der Waals surface area (Å²) in [5.41, 5.74) is 2.21. The molecule has 1 aromatic rings. The Hall–Kier alpha value is -2.22. The lowest BCUT2D eigenvalue weighted by molar-refractivity contribution is -0.142. The minimum Gasteiger partial charge on any atom is -0.444 e. The molecule has 1 rings (SSSR count). The van der Waals surface area contributed by atoms with E-state index in [9.17, 15) is 14.4 Å². The van der Waals surface area contributed by atoms with Crippen LogP contribution in [-0.2, 0) is 14.3 Å². The summed E-state index contributed by atoms with van der Waals surface area (Å²) in [6.45, 7) is 14.7. The van der Waals surface area contributed by atoms with E-state index in [-0.39, 0.29) is 11.8 Å². The van der Waals surface area contributed by atoms with Crippen LogP contribution in [0.1, 0.15) is 109 Å². The fourth-order valence-corrected chi connectivity index (χ4v) is 4.89. The summed E-state index contributed by atoms with van der Waals surface area (Å²) >= 11 is 1.61. The summed E-state index contributed by atoms with van der Waals surface area (Å²) in [7, 11) is 0. The molecule has 7 nitrogen and oxygen atoms in total. The van der Waals surface area contributed by atoms with Crippen molar-refractivity contribution in [1.29, 1.82) is 0 Å². The van der Waals surface area contributed by atoms with Crippen molar-refractivity contribution in [3.05, 3.63) is 34.9 Å². The SMILES string of the molecule is CCCCCCN(C(=O)C(CCSC)NC(=O)OC(C)(C)C)C(C(=O)NCCCCC)c1cccc(C)c1C. The van der Waals surface area contributed by atoms with Crippen molar-refractivity contribution in [2.75, 3.05) is 25.1 Å². The fourth-order valence-electron chi connectivity index (χ4n) is 4.42. The first-order valence-corrected chi connectivity index (χ1v) is 16.0. The predicted octanol–water partition coefficient (Wildman–Crippen LogP) is 6.71. The lowest BCUT2D eigenvalue weighted by Crippen LogP contribution is -2.53. The van der Waals surface area contributed by atoms with E-state index in [0.717, 1.165) is 61.6 Å². The van der Waals surface area contributed by atoms with Gasteiger partial charge in [-0.2, -0.15) is 11.8 Å². The quantitative estimate of drug-likeness (QED) is 0.206. The molecule has 0 bridgehead atoms. The smallest absolute Gasteiger partial charge is 0.408 e. The van der Waals surface area contributed by atoms with E-state index >= 15 is 0 Å². The molecule has 2 atom stereocenters. The van der Waals surface area contributed by atoms with Crippen LogP contribution < -0.4 is 10.6 Å². The zero-order valence-corrected chi connectivity index (χ0v) is 26.5. The van der Waals surface area contributed by atoms with Crippen molar-refractivity contribution < 1.29 is 19.1 Å². The summed E-state index contributed by atoms with van der Waals surface area (Å²) in [5, 5.41) is 5.93. The van der Waals surface area contributed by atoms with Crippen molar-refractivity contribution in [1.82, 2.24) is 15.5 Å². The van der Waals surface area contributed by atoms with Crippen LogP contribution in [-0.4, -0.2) is 59.5 Å². The van der Waals surface area contributed by atoms with Gasteiger partial charge in [-0.25, -0.2) is 4.79 Å². The molecular formula is C31H53N3O4S. The van der Waals surface area contributed by atoms with Crippen LogP contribution in [0.4, 0.5) is 4.79 Å². The highest BCUT2D eigenvalue weighted by Crippen LogP contribution is 2.28. The molecule has 222 valence electrons. The van der Waals surface area contributed by atoms with Gasteiger partial charge in [0.25, 0.3) is 0 Å². The van der Waals surface area contributed by atoms with Crippen LogP contribution in [0.15, 0.2) is 18.2 Å². The van der Waals surface area contributed by atoms with Crippen molar-refractivity contribution in [3.8, 4) is 0 Å². The van der Waals surface area contributed by atoms with Crippen molar-refractivity contribution >= 4 is 29.7 Å². The van der Waals surface area contributed by atoms with Crippen LogP contribution in [0.3, 0.4) is 0 Å². The molecule has 2 unspecified atom stereocenters. The molecule has 0 aliphatic carbocycles. The van der Waals surface area contributed by atoms with Crippen LogP contribution in [0.25, 0.3) is 0 Å². The van der Waals surface area contributed by atoms with Crippen molar-refractivity contribution in [2.45, 2.75) is 118 Å². The molecule has 8 heteroatoms. The lowest BCUT2D eigenvalue weighted by atomic mass is 9.94. The molecule has 3 amide bonds. The first-order valence-electron chi connectivity index (χ1n) is 14.6. The third-order valence-corrected chi connectivity index (χ3v) is 7.36. The number of ether oxygens (including phenoxy) is 1. The second-order valence-corrected chi connectivity index (χ2v) is 12.2. The lowest BCUT2D eigenvalue weighted by Gasteiger charge is -2.35. The normalized spacial score (nSPS) is 12.9. The van der Waals surface area contributed by atoms with Gasteiger partial charge in [-0.3, -0.25) is 9.59 Å². The third-order valence-electron chi connectivity index (χ3n) is 6.72. The number of nitrogens with zero attached hydrogens (tertiary/aromatic N) is 1. The van der Waals surface area contributed by atoms with E-state index in [1.165, 1.54) is 0 Å². The number of nitrogens with one attached hydrogen (secondary N) is 2. The number of hydrogen-bond acceptors (Lipinski definition) is 5. The highest BCUT2D eigenvalue weighted by molar-refractivity contribution is 7.98. The van der Waals surface area contributed by atoms with Crippen LogP contribution in [0.5, 0.6) is 0 Å². The monoisotopic (exact) mass is 563 g/mol. The van der Waals surface area contributed by atoms with E-state index in [1.807, 2.05) is 38.3 Å². The molecular weight excluding hydrogens is 510 g/mol. The second kappa shape index (κ2) is 18.2. The van der Waals surface area contributed by atoms with Gasteiger partial charge in [0.2, 0.25) is 11.8 Å². The van der Waals surface area contributed by atoms with E-state index in [4.69, 9.17) is 4.74 Å². The van der Waals surface area contributed by atoms with E-state index in [0.29, 0.717) is 25.3 Å². The van der Waals surface area contributed by atoms with E-state index in [2.05, 4.69) is 24.5 Å². The van der Waals surface area contributed by atoms with Crippen molar-refractivity contribution in [3.63, 3.8) is 0 Å². The zero-order chi connectivity index (χ0) is 29.4. The van der Waals surface area contributed by atoms with Gasteiger partial charge in [0, 0.05) is 13.1 Å². The number of rotatable bonds is 17. The predicted molar refractivity (Wildman–Crippen MR) is 163 cm³/mol. The summed E-state index contributed by atoms with van der Waals surface area (Å²) in [5.74, 6) is 0.262. The largest absolute Gasteiger partial charge is 0.444 e. The van der Waals surface area contributed by atoms with Gasteiger partial charge in [0.05, 0.1) is 0 Å². The average molecular weight is 564 g/mol. The number of unbranched alkanes of at least 4 members (excludes halogenated alkanes) is 5. The second-order valence-electron chi connectivity index (χ2n) is 11.3. The highest BCUT2D eigenvalue weighted by atomic mass is 32.2. The molecule has 0 aliphatic heterocycles. The first kappa shape index (κ1) is 34.8. The maximum atomic E-state index is 14.3. The van der Waals surface area contributed by atoms with Crippen molar-refractivity contribution in [2.24, 2.45) is 0 Å². The number of carbonyl (C=O) groups excluding carboxylic acids is 3. The fraction of sp³-hybridized carbons (Fsp3) is 0.710. The minimum atomic E-state index is -0.793. The Labute approximate surface area is 241 Å². The maximum Gasteiger partial charge on any atom is 0.408 e. The van der Waals surface area contributed by atoms with E-state index in [1.54, 1.807) is 37.4 Å². The van der Waals surface area contributed by atoms with E-state index < -0.39 is 23.8 Å². The number of hydrogen-bond donors (Lipinski definition) is 2. The van der Waals surface area contributed by atoms with Gasteiger partial charge in [-0.1, -0.05) is 64.2 Å². The van der Waals surface area contributed by atoms with Crippen LogP contribution in [0, 0.1) is 13.8 Å². The van der Waals surface area contributed by atoms with Gasteiger partial charge < -0.3 is 20.3 Å². The molecule has 0 heterocycles. The standard InChI is InChI=1S/C31H53N3O4S/c1-9-11-13-15-21-34(29(36)26(19-22-39-8)33-30(37)38-31(5,6)7)27(28(35)32-20-14-12-10-2)25-18-16-17-23(3)24(25)4/h16-18,26-27H,9-15,19-22H2,1-8H3,(H,32,35)(H,33,37). The Morgan fingerprint density at radius 3 is 2.28 bits per heavy atom. The molecule has 2 N–H and O–H groups in total. The van der Waals surface area contributed by atoms with Gasteiger partial charge in [0.15, 0.2) is 0 Å². The summed E-state index contributed by atoms with van der Waals surface area (Å²) in [6, 6.07) is 4.34. The van der Waals surface area contributed by atoms with Gasteiger partial charge in [-0.15, -0.1) is 0 Å². The summed E-state index contributed by atoms with van der Waals surface area (Å²) in [4.78, 5) is 42.5. The first-order chi connectivity index (χ1) is 18.5. The van der Waals surface area contributed by atoms with Gasteiger partial charge in [0.1, 0.15) is 17.7 Å². The molecule has 39 heavy (non-hydrogen) atoms. The third kappa shape index (κ3) is 12.7.